The molecule has 2 rings (SSSR count). The van der Waals surface area contributed by atoms with Crippen molar-refractivity contribution in [3.8, 4) is 0 Å². The van der Waals surface area contributed by atoms with Crippen LogP contribution in [0.25, 0.3) is 0 Å². The molecular weight excluding hydrogens is 238 g/mol. The van der Waals surface area contributed by atoms with Crippen LogP contribution >= 0.6 is 0 Å². The van der Waals surface area contributed by atoms with Gasteiger partial charge in [-0.15, -0.1) is 0 Å². The van der Waals surface area contributed by atoms with E-state index in [-0.39, 0.29) is 6.54 Å². The summed E-state index contributed by atoms with van der Waals surface area (Å²) >= 11 is 0. The molecule has 1 saturated heterocycles. The average molecular weight is 251 g/mol. The number of urea groups is 1. The first-order valence-electron chi connectivity index (χ1n) is 5.34. The number of carbonyl (C=O) groups excluding carboxylic acids is 3. The normalized spacial score (nSPS) is 19.1. The zero-order valence-corrected chi connectivity index (χ0v) is 10.3. The van der Waals surface area contributed by atoms with Gasteiger partial charge in [-0.2, -0.15) is 5.10 Å². The van der Waals surface area contributed by atoms with Crippen LogP contribution in [0.15, 0.2) is 6.33 Å². The molecule has 0 aromatic carbocycles. The minimum Gasteiger partial charge on any atom is -0.277 e. The van der Waals surface area contributed by atoms with Crippen LogP contribution in [0, 0.1) is 5.41 Å². The molecule has 0 saturated carbocycles. The van der Waals surface area contributed by atoms with Crippen molar-refractivity contribution in [3.63, 3.8) is 0 Å². The molecule has 96 valence electrons. The van der Waals surface area contributed by atoms with Gasteiger partial charge in [-0.25, -0.2) is 9.78 Å². The van der Waals surface area contributed by atoms with E-state index in [0.29, 0.717) is 5.82 Å². The van der Waals surface area contributed by atoms with E-state index in [9.17, 15) is 14.4 Å². The Morgan fingerprint density at radius 3 is 2.56 bits per heavy atom. The quantitative estimate of drug-likeness (QED) is 0.709. The number of carbonyl (C=O) groups is 3. The molecule has 1 aliphatic heterocycles. The Morgan fingerprint density at radius 1 is 1.33 bits per heavy atom. The van der Waals surface area contributed by atoms with Gasteiger partial charge in [-0.1, -0.05) is 0 Å². The highest BCUT2D eigenvalue weighted by atomic mass is 16.2. The first kappa shape index (κ1) is 12.2. The fourth-order valence-electron chi connectivity index (χ4n) is 1.59. The van der Waals surface area contributed by atoms with Gasteiger partial charge in [-0.3, -0.25) is 24.5 Å². The molecule has 1 aliphatic rings. The lowest BCUT2D eigenvalue weighted by Crippen LogP contribution is -2.61. The summed E-state index contributed by atoms with van der Waals surface area (Å²) in [6.07, 6.45) is 1.47. The summed E-state index contributed by atoms with van der Waals surface area (Å²) in [6, 6.07) is -0.739. The summed E-state index contributed by atoms with van der Waals surface area (Å²) in [7, 11) is 1.68. The average Bonchev–Trinajstić information content (AvgIpc) is 2.68. The molecule has 1 fully saturated rings. The number of barbiturate groups is 1. The van der Waals surface area contributed by atoms with Gasteiger partial charge in [0.1, 0.15) is 11.7 Å². The Balaban J connectivity index is 2.24. The lowest BCUT2D eigenvalue weighted by atomic mass is 9.89. The predicted octanol–water partition coefficient (Wildman–Crippen LogP) is -0.580. The van der Waals surface area contributed by atoms with Gasteiger partial charge in [0.2, 0.25) is 11.8 Å². The first-order chi connectivity index (χ1) is 8.32. The molecule has 1 N–H and O–H groups in total. The number of amides is 4. The van der Waals surface area contributed by atoms with E-state index in [4.69, 9.17) is 0 Å². The van der Waals surface area contributed by atoms with Gasteiger partial charge in [0.25, 0.3) is 0 Å². The molecule has 4 amide bonds. The number of aryl methyl sites for hydroxylation is 1. The van der Waals surface area contributed by atoms with E-state index in [1.807, 2.05) is 0 Å². The second-order valence-electron chi connectivity index (χ2n) is 4.61. The van der Waals surface area contributed by atoms with Gasteiger partial charge in [0.05, 0.1) is 6.54 Å². The maximum absolute atomic E-state index is 12.1. The van der Waals surface area contributed by atoms with E-state index in [1.54, 1.807) is 7.05 Å². The summed E-state index contributed by atoms with van der Waals surface area (Å²) in [5.74, 6) is -0.808. The van der Waals surface area contributed by atoms with Crippen LogP contribution in [0.2, 0.25) is 0 Å². The van der Waals surface area contributed by atoms with Crippen molar-refractivity contribution in [2.75, 3.05) is 0 Å². The third kappa shape index (κ3) is 1.85. The van der Waals surface area contributed by atoms with Crippen LogP contribution in [-0.4, -0.2) is 37.5 Å². The maximum Gasteiger partial charge on any atom is 0.331 e. The fraction of sp³-hybridized carbons (Fsp3) is 0.500. The van der Waals surface area contributed by atoms with Crippen LogP contribution in [0.4, 0.5) is 4.79 Å². The van der Waals surface area contributed by atoms with Crippen molar-refractivity contribution >= 4 is 17.8 Å². The van der Waals surface area contributed by atoms with Crippen LogP contribution in [0.3, 0.4) is 0 Å². The molecule has 0 atom stereocenters. The lowest BCUT2D eigenvalue weighted by Gasteiger charge is -2.33. The van der Waals surface area contributed by atoms with Gasteiger partial charge < -0.3 is 0 Å². The maximum atomic E-state index is 12.1. The minimum atomic E-state index is -1.26. The van der Waals surface area contributed by atoms with Gasteiger partial charge in [-0.05, 0) is 13.8 Å². The summed E-state index contributed by atoms with van der Waals surface area (Å²) in [4.78, 5) is 40.1. The number of aromatic nitrogens is 3. The number of imide groups is 2. The molecule has 1 aromatic heterocycles. The van der Waals surface area contributed by atoms with Gasteiger partial charge >= 0.3 is 6.03 Å². The molecule has 0 radical (unpaired) electrons. The monoisotopic (exact) mass is 251 g/mol. The van der Waals surface area contributed by atoms with Crippen molar-refractivity contribution in [3.05, 3.63) is 12.2 Å². The largest absolute Gasteiger partial charge is 0.331 e. The Kier molecular flexibility index (Phi) is 2.64. The third-order valence-electron chi connectivity index (χ3n) is 2.76. The Hall–Kier alpha value is -2.25. The molecule has 0 spiro atoms. The fourth-order valence-corrected chi connectivity index (χ4v) is 1.59. The number of nitrogens with one attached hydrogen (secondary N) is 1. The zero-order valence-electron chi connectivity index (χ0n) is 10.3. The molecule has 1 aromatic rings. The molecule has 8 heteroatoms. The highest BCUT2D eigenvalue weighted by Gasteiger charge is 2.47. The Bertz CT molecular complexity index is 533. The Labute approximate surface area is 103 Å². The first-order valence-corrected chi connectivity index (χ1v) is 5.34. The van der Waals surface area contributed by atoms with E-state index in [2.05, 4.69) is 15.4 Å². The SMILES string of the molecule is Cn1cnc(CN2C(=O)NC(=O)C(C)(C)C2=O)n1. The van der Waals surface area contributed by atoms with Crippen molar-refractivity contribution in [2.45, 2.75) is 20.4 Å². The van der Waals surface area contributed by atoms with Gasteiger partial charge in [0.15, 0.2) is 5.82 Å². The number of hydrogen-bond donors (Lipinski definition) is 1. The summed E-state index contributed by atoms with van der Waals surface area (Å²) < 4.78 is 1.47. The van der Waals surface area contributed by atoms with E-state index in [0.717, 1.165) is 4.90 Å². The zero-order chi connectivity index (χ0) is 13.5. The molecule has 2 heterocycles. The minimum absolute atomic E-state index is 0.0534. The van der Waals surface area contributed by atoms with E-state index < -0.39 is 23.3 Å². The summed E-state index contributed by atoms with van der Waals surface area (Å²) in [5.41, 5.74) is -1.26. The standard InChI is InChI=1S/C10H13N5O3/c1-10(2)7(16)12-9(18)15(8(10)17)4-6-11-5-14(3)13-6/h5H,4H2,1-3H3,(H,12,16,18). The predicted molar refractivity (Wildman–Crippen MR) is 58.9 cm³/mol. The molecule has 8 nitrogen and oxygen atoms in total. The van der Waals surface area contributed by atoms with Crippen molar-refractivity contribution < 1.29 is 14.4 Å². The molecule has 0 unspecified atom stereocenters. The van der Waals surface area contributed by atoms with Crippen LogP contribution in [0.1, 0.15) is 19.7 Å². The second-order valence-corrected chi connectivity index (χ2v) is 4.61. The van der Waals surface area contributed by atoms with E-state index in [1.165, 1.54) is 24.9 Å². The Morgan fingerprint density at radius 2 is 2.00 bits per heavy atom. The number of nitrogens with zero attached hydrogens (tertiary/aromatic N) is 4. The summed E-state index contributed by atoms with van der Waals surface area (Å²) in [6.45, 7) is 2.88. The smallest absolute Gasteiger partial charge is 0.277 e. The van der Waals surface area contributed by atoms with Crippen molar-refractivity contribution in [2.24, 2.45) is 12.5 Å². The van der Waals surface area contributed by atoms with Crippen LogP contribution < -0.4 is 5.32 Å². The number of rotatable bonds is 2. The molecule has 18 heavy (non-hydrogen) atoms. The molecule has 0 bridgehead atoms. The third-order valence-corrected chi connectivity index (χ3v) is 2.76. The van der Waals surface area contributed by atoms with Crippen molar-refractivity contribution in [1.82, 2.24) is 25.0 Å². The highest BCUT2D eigenvalue weighted by molar-refractivity contribution is 6.18. The van der Waals surface area contributed by atoms with Crippen LogP contribution in [-0.2, 0) is 23.2 Å². The molecule has 0 aliphatic carbocycles. The highest BCUT2D eigenvalue weighted by Crippen LogP contribution is 2.24. The topological polar surface area (TPSA) is 97.2 Å². The van der Waals surface area contributed by atoms with Crippen molar-refractivity contribution in [1.29, 1.82) is 0 Å². The lowest BCUT2D eigenvalue weighted by molar-refractivity contribution is -0.149. The number of hydrogen-bond acceptors (Lipinski definition) is 5. The van der Waals surface area contributed by atoms with Gasteiger partial charge in [0, 0.05) is 7.05 Å². The van der Waals surface area contributed by atoms with Crippen LogP contribution in [0.5, 0.6) is 0 Å². The molecular formula is C10H13N5O3. The second kappa shape index (κ2) is 3.90. The van der Waals surface area contributed by atoms with E-state index >= 15 is 0 Å². The summed E-state index contributed by atoms with van der Waals surface area (Å²) in [5, 5.41) is 6.13.